The van der Waals surface area contributed by atoms with Crippen molar-refractivity contribution in [2.24, 2.45) is 5.73 Å². The summed E-state index contributed by atoms with van der Waals surface area (Å²) < 4.78 is 36.6. The van der Waals surface area contributed by atoms with Gasteiger partial charge in [0.15, 0.2) is 17.7 Å². The summed E-state index contributed by atoms with van der Waals surface area (Å²) >= 11 is 0. The van der Waals surface area contributed by atoms with Crippen LogP contribution in [-0.2, 0) is 0 Å². The molecule has 1 heterocycles. The van der Waals surface area contributed by atoms with Gasteiger partial charge in [0.2, 0.25) is 0 Å². The van der Waals surface area contributed by atoms with Crippen molar-refractivity contribution in [3.63, 3.8) is 0 Å². The monoisotopic (exact) mass is 253 g/mol. The van der Waals surface area contributed by atoms with E-state index in [0.29, 0.717) is 5.76 Å². The third-order valence-corrected chi connectivity index (χ3v) is 2.46. The number of rotatable bonds is 4. The van der Waals surface area contributed by atoms with Crippen LogP contribution in [0.2, 0.25) is 0 Å². The lowest BCUT2D eigenvalue weighted by atomic mass is 10.1. The number of hydrogen-bond donors (Lipinski definition) is 1. The van der Waals surface area contributed by atoms with Crippen LogP contribution in [0.25, 0.3) is 0 Å². The maximum atomic E-state index is 13.1. The minimum Gasteiger partial charge on any atom is -0.481 e. The van der Waals surface area contributed by atoms with Gasteiger partial charge in [-0.3, -0.25) is 0 Å². The van der Waals surface area contributed by atoms with Gasteiger partial charge in [0.25, 0.3) is 0 Å². The third kappa shape index (κ3) is 2.68. The highest BCUT2D eigenvalue weighted by atomic mass is 19.2. The maximum absolute atomic E-state index is 13.1. The van der Waals surface area contributed by atoms with E-state index in [2.05, 4.69) is 0 Å². The Balaban J connectivity index is 2.21. The summed E-state index contributed by atoms with van der Waals surface area (Å²) in [5, 5.41) is 0. The Morgan fingerprint density at radius 3 is 2.56 bits per heavy atom. The Morgan fingerprint density at radius 2 is 2.00 bits per heavy atom. The van der Waals surface area contributed by atoms with Crippen LogP contribution in [0.5, 0.6) is 5.75 Å². The van der Waals surface area contributed by atoms with Gasteiger partial charge in [-0.15, -0.1) is 0 Å². The molecule has 1 aromatic heterocycles. The molecule has 2 aromatic rings. The predicted octanol–water partition coefficient (Wildman–Crippen LogP) is 3.03. The molecule has 0 saturated carbocycles. The van der Waals surface area contributed by atoms with Gasteiger partial charge in [0.05, 0.1) is 6.26 Å². The fourth-order valence-electron chi connectivity index (χ4n) is 1.57. The minimum absolute atomic E-state index is 0.201. The lowest BCUT2D eigenvalue weighted by molar-refractivity contribution is 0.152. The molecule has 96 valence electrons. The van der Waals surface area contributed by atoms with Crippen LogP contribution >= 0.6 is 0 Å². The molecule has 5 heteroatoms. The molecule has 0 spiro atoms. The highest BCUT2D eigenvalue weighted by Crippen LogP contribution is 2.25. The standard InChI is InChI=1S/C13H13F2NO2/c1-8(16)13(12-3-2-6-17-12)18-9-4-5-10(14)11(15)7-9/h2-8,13H,16H2,1H3. The predicted molar refractivity (Wildman–Crippen MR) is 62.1 cm³/mol. The normalized spacial score (nSPS) is 14.2. The summed E-state index contributed by atoms with van der Waals surface area (Å²) in [5.74, 6) is -1.14. The van der Waals surface area contributed by atoms with Gasteiger partial charge in [-0.25, -0.2) is 8.78 Å². The molecule has 0 aliphatic rings. The summed E-state index contributed by atoms with van der Waals surface area (Å²) in [7, 11) is 0. The smallest absolute Gasteiger partial charge is 0.171 e. The molecule has 0 amide bonds. The van der Waals surface area contributed by atoms with E-state index in [1.807, 2.05) is 0 Å². The van der Waals surface area contributed by atoms with E-state index in [0.717, 1.165) is 12.1 Å². The number of hydrogen-bond acceptors (Lipinski definition) is 3. The lowest BCUT2D eigenvalue weighted by Crippen LogP contribution is -2.28. The van der Waals surface area contributed by atoms with Crippen LogP contribution in [0.1, 0.15) is 18.8 Å². The van der Waals surface area contributed by atoms with Crippen molar-refractivity contribution in [3.8, 4) is 5.75 Å². The molecule has 2 atom stereocenters. The first-order valence-electron chi connectivity index (χ1n) is 5.48. The summed E-state index contributed by atoms with van der Waals surface area (Å²) in [6.45, 7) is 1.74. The summed E-state index contributed by atoms with van der Waals surface area (Å²) in [6.07, 6.45) is 0.948. The van der Waals surface area contributed by atoms with Gasteiger partial charge >= 0.3 is 0 Å². The van der Waals surface area contributed by atoms with E-state index >= 15 is 0 Å². The first-order chi connectivity index (χ1) is 8.58. The molecular formula is C13H13F2NO2. The third-order valence-electron chi connectivity index (χ3n) is 2.46. The van der Waals surface area contributed by atoms with E-state index in [1.165, 1.54) is 12.3 Å². The zero-order valence-electron chi connectivity index (χ0n) is 9.77. The molecule has 2 N–H and O–H groups in total. The Bertz CT molecular complexity index is 512. The minimum atomic E-state index is -0.963. The number of ether oxygens (including phenoxy) is 1. The van der Waals surface area contributed by atoms with Crippen LogP contribution in [0, 0.1) is 11.6 Å². The first kappa shape index (κ1) is 12.6. The second kappa shape index (κ2) is 5.18. The van der Waals surface area contributed by atoms with Gasteiger partial charge < -0.3 is 14.9 Å². The Labute approximate surface area is 103 Å². The molecule has 0 fully saturated rings. The molecular weight excluding hydrogens is 240 g/mol. The van der Waals surface area contributed by atoms with E-state index in [1.54, 1.807) is 19.1 Å². The highest BCUT2D eigenvalue weighted by Gasteiger charge is 2.21. The van der Waals surface area contributed by atoms with Gasteiger partial charge in [-0.1, -0.05) is 0 Å². The maximum Gasteiger partial charge on any atom is 0.171 e. The second-order valence-electron chi connectivity index (χ2n) is 3.99. The van der Waals surface area contributed by atoms with Gasteiger partial charge in [0, 0.05) is 12.1 Å². The van der Waals surface area contributed by atoms with Gasteiger partial charge in [0.1, 0.15) is 11.5 Å². The molecule has 0 aliphatic carbocycles. The van der Waals surface area contributed by atoms with Gasteiger partial charge in [-0.05, 0) is 31.2 Å². The summed E-state index contributed by atoms with van der Waals surface area (Å²) in [5.41, 5.74) is 5.79. The second-order valence-corrected chi connectivity index (χ2v) is 3.99. The number of halogens is 2. The summed E-state index contributed by atoms with van der Waals surface area (Å²) in [6, 6.07) is 6.40. The van der Waals surface area contributed by atoms with Crippen LogP contribution in [0.3, 0.4) is 0 Å². The lowest BCUT2D eigenvalue weighted by Gasteiger charge is -2.20. The van der Waals surface area contributed by atoms with Crippen molar-refractivity contribution in [2.45, 2.75) is 19.1 Å². The molecule has 3 nitrogen and oxygen atoms in total. The molecule has 0 saturated heterocycles. The van der Waals surface area contributed by atoms with E-state index < -0.39 is 17.7 Å². The van der Waals surface area contributed by atoms with E-state index in [4.69, 9.17) is 14.9 Å². The highest BCUT2D eigenvalue weighted by molar-refractivity contribution is 5.24. The van der Waals surface area contributed by atoms with E-state index in [-0.39, 0.29) is 11.8 Å². The first-order valence-corrected chi connectivity index (χ1v) is 5.48. The zero-order valence-corrected chi connectivity index (χ0v) is 9.77. The van der Waals surface area contributed by atoms with Crippen LogP contribution < -0.4 is 10.5 Å². The Hall–Kier alpha value is -1.88. The average Bonchev–Trinajstić information content (AvgIpc) is 2.83. The zero-order chi connectivity index (χ0) is 13.1. The quantitative estimate of drug-likeness (QED) is 0.911. The van der Waals surface area contributed by atoms with Crippen LogP contribution in [0.15, 0.2) is 41.0 Å². The van der Waals surface area contributed by atoms with Crippen molar-refractivity contribution < 1.29 is 17.9 Å². The fraction of sp³-hybridized carbons (Fsp3) is 0.231. The average molecular weight is 253 g/mol. The largest absolute Gasteiger partial charge is 0.481 e. The van der Waals surface area contributed by atoms with E-state index in [9.17, 15) is 8.78 Å². The Morgan fingerprint density at radius 1 is 1.22 bits per heavy atom. The molecule has 0 aliphatic heterocycles. The van der Waals surface area contributed by atoms with Crippen molar-refractivity contribution in [1.29, 1.82) is 0 Å². The molecule has 2 rings (SSSR count). The fourth-order valence-corrected chi connectivity index (χ4v) is 1.57. The number of nitrogens with two attached hydrogens (primary N) is 1. The molecule has 1 aromatic carbocycles. The number of furan rings is 1. The topological polar surface area (TPSA) is 48.4 Å². The number of benzene rings is 1. The van der Waals surface area contributed by atoms with Crippen molar-refractivity contribution in [3.05, 3.63) is 54.0 Å². The molecule has 18 heavy (non-hydrogen) atoms. The molecule has 2 unspecified atom stereocenters. The van der Waals surface area contributed by atoms with Crippen molar-refractivity contribution >= 4 is 0 Å². The molecule has 0 bridgehead atoms. The van der Waals surface area contributed by atoms with Crippen LogP contribution in [-0.4, -0.2) is 6.04 Å². The van der Waals surface area contributed by atoms with Crippen molar-refractivity contribution in [1.82, 2.24) is 0 Å². The molecule has 0 radical (unpaired) electrons. The Kier molecular flexibility index (Phi) is 3.62. The van der Waals surface area contributed by atoms with Crippen LogP contribution in [0.4, 0.5) is 8.78 Å². The SMILES string of the molecule is CC(N)C(Oc1ccc(F)c(F)c1)c1ccco1. The van der Waals surface area contributed by atoms with Gasteiger partial charge in [-0.2, -0.15) is 0 Å². The van der Waals surface area contributed by atoms with Crippen molar-refractivity contribution in [2.75, 3.05) is 0 Å². The summed E-state index contributed by atoms with van der Waals surface area (Å²) in [4.78, 5) is 0.